The number of aromatic nitrogens is 1. The van der Waals surface area contributed by atoms with Crippen LogP contribution in [0.25, 0.3) is 0 Å². The van der Waals surface area contributed by atoms with E-state index in [9.17, 15) is 0 Å². The smallest absolute Gasteiger partial charge is 0.213 e. The van der Waals surface area contributed by atoms with Gasteiger partial charge in [-0.1, -0.05) is 6.92 Å². The summed E-state index contributed by atoms with van der Waals surface area (Å²) in [6.45, 7) is 10.4. The topological polar surface area (TPSA) is 51.4 Å². The fourth-order valence-corrected chi connectivity index (χ4v) is 2.82. The van der Waals surface area contributed by atoms with Gasteiger partial charge in [0, 0.05) is 24.8 Å². The maximum absolute atomic E-state index is 5.87. The van der Waals surface area contributed by atoms with Crippen LogP contribution in [-0.2, 0) is 6.54 Å². The average molecular weight is 300 g/mol. The molecule has 1 aliphatic heterocycles. The third-order valence-electron chi connectivity index (χ3n) is 4.25. The van der Waals surface area contributed by atoms with Crippen molar-refractivity contribution in [2.75, 3.05) is 26.7 Å². The summed E-state index contributed by atoms with van der Waals surface area (Å²) in [4.78, 5) is 6.96. The summed E-state index contributed by atoms with van der Waals surface area (Å²) < 4.78 is 5.21. The van der Waals surface area contributed by atoms with Gasteiger partial charge in [0.1, 0.15) is 0 Å². The molecule has 0 amide bonds. The highest BCUT2D eigenvalue weighted by Gasteiger charge is 2.32. The molecular formula is C15H26ClN3O. The van der Waals surface area contributed by atoms with E-state index in [2.05, 4.69) is 30.7 Å². The second-order valence-corrected chi connectivity index (χ2v) is 6.02. The molecule has 4 nitrogen and oxygen atoms in total. The zero-order valence-corrected chi connectivity index (χ0v) is 13.7. The lowest BCUT2D eigenvalue weighted by atomic mass is 9.90. The summed E-state index contributed by atoms with van der Waals surface area (Å²) >= 11 is 0. The van der Waals surface area contributed by atoms with Crippen LogP contribution in [0.5, 0.6) is 5.88 Å². The summed E-state index contributed by atoms with van der Waals surface area (Å²) in [5, 5.41) is 0. The number of methoxy groups -OCH3 is 1. The van der Waals surface area contributed by atoms with E-state index in [0.717, 1.165) is 31.9 Å². The van der Waals surface area contributed by atoms with Crippen LogP contribution < -0.4 is 10.5 Å². The Kier molecular flexibility index (Phi) is 5.80. The van der Waals surface area contributed by atoms with Crippen LogP contribution in [0.2, 0.25) is 0 Å². The number of ether oxygens (including phenoxy) is 1. The van der Waals surface area contributed by atoms with Crippen LogP contribution in [0.1, 0.15) is 30.2 Å². The maximum Gasteiger partial charge on any atom is 0.213 e. The molecule has 0 bridgehead atoms. The molecule has 1 aliphatic rings. The monoisotopic (exact) mass is 299 g/mol. The molecule has 1 saturated heterocycles. The Morgan fingerprint density at radius 1 is 1.45 bits per heavy atom. The van der Waals surface area contributed by atoms with E-state index in [1.54, 1.807) is 7.11 Å². The van der Waals surface area contributed by atoms with Crippen molar-refractivity contribution >= 4 is 12.4 Å². The van der Waals surface area contributed by atoms with E-state index in [-0.39, 0.29) is 17.8 Å². The predicted octanol–water partition coefficient (Wildman–Crippen LogP) is 2.30. The van der Waals surface area contributed by atoms with Gasteiger partial charge >= 0.3 is 0 Å². The number of rotatable bonds is 4. The predicted molar refractivity (Wildman–Crippen MR) is 84.6 cm³/mol. The minimum Gasteiger partial charge on any atom is -0.481 e. The number of nitrogens with zero attached hydrogens (tertiary/aromatic N) is 2. The number of hydrogen-bond acceptors (Lipinski definition) is 4. The van der Waals surface area contributed by atoms with Crippen LogP contribution in [0.3, 0.4) is 0 Å². The van der Waals surface area contributed by atoms with Crippen molar-refractivity contribution in [2.24, 2.45) is 11.1 Å². The van der Waals surface area contributed by atoms with Crippen molar-refractivity contribution < 1.29 is 4.74 Å². The first kappa shape index (κ1) is 17.2. The van der Waals surface area contributed by atoms with Crippen LogP contribution in [0.15, 0.2) is 6.07 Å². The molecular weight excluding hydrogens is 274 g/mol. The van der Waals surface area contributed by atoms with Crippen molar-refractivity contribution in [2.45, 2.75) is 33.7 Å². The molecule has 0 radical (unpaired) electrons. The van der Waals surface area contributed by atoms with Gasteiger partial charge in [0.25, 0.3) is 0 Å². The largest absolute Gasteiger partial charge is 0.481 e. The Morgan fingerprint density at radius 2 is 2.15 bits per heavy atom. The molecule has 2 N–H and O–H groups in total. The van der Waals surface area contributed by atoms with Crippen LogP contribution >= 0.6 is 12.4 Å². The van der Waals surface area contributed by atoms with E-state index in [0.29, 0.717) is 5.88 Å². The highest BCUT2D eigenvalue weighted by atomic mass is 35.5. The van der Waals surface area contributed by atoms with Gasteiger partial charge in [-0.15, -0.1) is 12.4 Å². The molecule has 5 heteroatoms. The highest BCUT2D eigenvalue weighted by molar-refractivity contribution is 5.85. The van der Waals surface area contributed by atoms with Gasteiger partial charge in [-0.3, -0.25) is 4.90 Å². The summed E-state index contributed by atoms with van der Waals surface area (Å²) in [5.74, 6) is 0.701. The molecule has 2 rings (SSSR count). The molecule has 0 spiro atoms. The Hall–Kier alpha value is -0.840. The third-order valence-corrected chi connectivity index (χ3v) is 4.25. The van der Waals surface area contributed by atoms with Gasteiger partial charge in [-0.2, -0.15) is 0 Å². The molecule has 114 valence electrons. The second-order valence-electron chi connectivity index (χ2n) is 6.02. The van der Waals surface area contributed by atoms with Gasteiger partial charge in [0.05, 0.1) is 7.11 Å². The summed E-state index contributed by atoms with van der Waals surface area (Å²) in [7, 11) is 1.66. The van der Waals surface area contributed by atoms with Crippen molar-refractivity contribution in [3.63, 3.8) is 0 Å². The fraction of sp³-hybridized carbons (Fsp3) is 0.667. The first-order valence-corrected chi connectivity index (χ1v) is 6.91. The van der Waals surface area contributed by atoms with Gasteiger partial charge in [-0.25, -0.2) is 4.98 Å². The number of likely N-dealkylation sites (tertiary alicyclic amines) is 1. The number of hydrogen-bond donors (Lipinski definition) is 1. The number of pyridine rings is 1. The van der Waals surface area contributed by atoms with E-state index in [4.69, 9.17) is 10.5 Å². The third kappa shape index (κ3) is 3.62. The summed E-state index contributed by atoms with van der Waals surface area (Å²) in [5.41, 5.74) is 9.79. The van der Waals surface area contributed by atoms with Gasteiger partial charge in [0.2, 0.25) is 5.88 Å². The van der Waals surface area contributed by atoms with E-state index < -0.39 is 0 Å². The van der Waals surface area contributed by atoms with Crippen molar-refractivity contribution in [3.05, 3.63) is 22.9 Å². The molecule has 1 aromatic heterocycles. The van der Waals surface area contributed by atoms with E-state index >= 15 is 0 Å². The molecule has 1 fully saturated rings. The lowest BCUT2D eigenvalue weighted by Crippen LogP contribution is -2.31. The van der Waals surface area contributed by atoms with E-state index in [1.807, 2.05) is 6.07 Å². The molecule has 1 aromatic rings. The number of halogens is 1. The molecule has 1 atom stereocenters. The Balaban J connectivity index is 0.00000200. The lowest BCUT2D eigenvalue weighted by Gasteiger charge is -2.23. The summed E-state index contributed by atoms with van der Waals surface area (Å²) in [6.07, 6.45) is 1.19. The van der Waals surface area contributed by atoms with Crippen LogP contribution in [0.4, 0.5) is 0 Å². The fourth-order valence-electron chi connectivity index (χ4n) is 2.82. The first-order valence-electron chi connectivity index (χ1n) is 6.91. The number of aryl methyl sites for hydroxylation is 2. The number of nitrogens with two attached hydrogens (primary N) is 1. The minimum atomic E-state index is 0. The standard InChI is InChI=1S/C15H25N3O.ClH/c1-11-7-14(19-4)17-12(2)13(11)8-18-6-5-15(3,9-16)10-18;/h7H,5-6,8-10,16H2,1-4H3;1H. The normalized spacial score (nSPS) is 22.6. The van der Waals surface area contributed by atoms with Crippen LogP contribution in [0, 0.1) is 19.3 Å². The van der Waals surface area contributed by atoms with Gasteiger partial charge < -0.3 is 10.5 Å². The zero-order chi connectivity index (χ0) is 14.0. The second kappa shape index (κ2) is 6.74. The van der Waals surface area contributed by atoms with Crippen molar-refractivity contribution in [1.82, 2.24) is 9.88 Å². The Bertz CT molecular complexity index is 443. The maximum atomic E-state index is 5.87. The quantitative estimate of drug-likeness (QED) is 0.927. The van der Waals surface area contributed by atoms with E-state index in [1.165, 1.54) is 17.5 Å². The summed E-state index contributed by atoms with van der Waals surface area (Å²) in [6, 6.07) is 2.01. The average Bonchev–Trinajstić information content (AvgIpc) is 2.76. The zero-order valence-electron chi connectivity index (χ0n) is 12.9. The molecule has 1 unspecified atom stereocenters. The van der Waals surface area contributed by atoms with Gasteiger partial charge in [-0.05, 0) is 49.9 Å². The molecule has 0 aliphatic carbocycles. The molecule has 0 saturated carbocycles. The Morgan fingerprint density at radius 3 is 2.65 bits per heavy atom. The molecule has 2 heterocycles. The van der Waals surface area contributed by atoms with Crippen molar-refractivity contribution in [3.8, 4) is 5.88 Å². The first-order chi connectivity index (χ1) is 8.97. The molecule has 0 aromatic carbocycles. The van der Waals surface area contributed by atoms with Gasteiger partial charge in [0.15, 0.2) is 0 Å². The minimum absolute atomic E-state index is 0. The Labute approximate surface area is 128 Å². The van der Waals surface area contributed by atoms with Crippen molar-refractivity contribution in [1.29, 1.82) is 0 Å². The SMILES string of the molecule is COc1cc(C)c(CN2CCC(C)(CN)C2)c(C)n1.Cl. The molecule has 20 heavy (non-hydrogen) atoms. The van der Waals surface area contributed by atoms with Crippen LogP contribution in [-0.4, -0.2) is 36.6 Å². The lowest BCUT2D eigenvalue weighted by molar-refractivity contribution is 0.273. The highest BCUT2D eigenvalue weighted by Crippen LogP contribution is 2.30.